The first-order valence-corrected chi connectivity index (χ1v) is 20.1. The van der Waals surface area contributed by atoms with Gasteiger partial charge in [0.05, 0.1) is 52.8 Å². The quantitative estimate of drug-likeness (QED) is 0.186. The fraction of sp³-hybridized carbons (Fsp3) is 0.585. The molecular formula is C41H51ClN8O5. The summed E-state index contributed by atoms with van der Waals surface area (Å²) in [6, 6.07) is 6.65. The normalized spacial score (nSPS) is 22.1. The SMILES string of the molecule is Cc1cc2c(cnn2C2CCCCO2)c(-c2cc3nc(OC[C@@H]4CCCN4C)nc(N4CCN(C(=O)OC(C)(C)C)[C@@H](CC#N)C4)c3c3c2CCCO3)c1Cl. The second-order valence-corrected chi connectivity index (χ2v) is 16.7. The zero-order valence-corrected chi connectivity index (χ0v) is 33.3. The molecule has 0 spiro atoms. The Bertz CT molecular complexity index is 2140. The topological polar surface area (TPSA) is 131 Å². The molecule has 4 aliphatic heterocycles. The van der Waals surface area contributed by atoms with Crippen molar-refractivity contribution >= 4 is 45.3 Å². The minimum Gasteiger partial charge on any atom is -0.492 e. The molecule has 2 aromatic heterocycles. The van der Waals surface area contributed by atoms with E-state index in [9.17, 15) is 10.1 Å². The molecule has 292 valence electrons. The first kappa shape index (κ1) is 37.5. The van der Waals surface area contributed by atoms with Crippen molar-refractivity contribution < 1.29 is 23.7 Å². The van der Waals surface area contributed by atoms with Crippen molar-refractivity contribution in [3.8, 4) is 29.0 Å². The van der Waals surface area contributed by atoms with Crippen molar-refractivity contribution in [2.24, 2.45) is 0 Å². The van der Waals surface area contributed by atoms with Crippen LogP contribution in [-0.4, -0.2) is 106 Å². The number of ether oxygens (including phenoxy) is 4. The van der Waals surface area contributed by atoms with Crippen LogP contribution < -0.4 is 14.4 Å². The number of halogens is 1. The van der Waals surface area contributed by atoms with E-state index in [0.29, 0.717) is 49.2 Å². The van der Waals surface area contributed by atoms with Gasteiger partial charge in [0.1, 0.15) is 23.8 Å². The fourth-order valence-electron chi connectivity index (χ4n) is 8.56. The Morgan fingerprint density at radius 2 is 1.93 bits per heavy atom. The number of hydrogen-bond donors (Lipinski definition) is 0. The number of anilines is 1. The third-order valence-electron chi connectivity index (χ3n) is 11.4. The van der Waals surface area contributed by atoms with E-state index in [2.05, 4.69) is 35.0 Å². The summed E-state index contributed by atoms with van der Waals surface area (Å²) in [5.74, 6) is 1.40. The maximum absolute atomic E-state index is 13.3. The van der Waals surface area contributed by atoms with Crippen molar-refractivity contribution in [3.05, 3.63) is 34.5 Å². The lowest BCUT2D eigenvalue weighted by Gasteiger charge is -2.41. The molecular weight excluding hydrogens is 720 g/mol. The Hall–Kier alpha value is -4.38. The molecule has 6 heterocycles. The molecule has 1 amide bonds. The van der Waals surface area contributed by atoms with E-state index >= 15 is 0 Å². The van der Waals surface area contributed by atoms with Crippen molar-refractivity contribution in [1.82, 2.24) is 29.5 Å². The van der Waals surface area contributed by atoms with Crippen molar-refractivity contribution in [3.63, 3.8) is 0 Å². The number of likely N-dealkylation sites (tertiary alicyclic amines) is 1. The van der Waals surface area contributed by atoms with E-state index in [1.165, 1.54) is 0 Å². The Morgan fingerprint density at radius 1 is 1.07 bits per heavy atom. The van der Waals surface area contributed by atoms with Gasteiger partial charge in [-0.1, -0.05) is 11.6 Å². The molecule has 1 unspecified atom stereocenters. The smallest absolute Gasteiger partial charge is 0.410 e. The van der Waals surface area contributed by atoms with Gasteiger partial charge in [0, 0.05) is 48.8 Å². The molecule has 3 saturated heterocycles. The van der Waals surface area contributed by atoms with Crippen LogP contribution in [0.2, 0.25) is 5.02 Å². The summed E-state index contributed by atoms with van der Waals surface area (Å²) in [6.45, 7) is 11.6. The number of hydrogen-bond acceptors (Lipinski definition) is 11. The van der Waals surface area contributed by atoms with Crippen LogP contribution in [0.3, 0.4) is 0 Å². The summed E-state index contributed by atoms with van der Waals surface area (Å²) in [5.41, 5.74) is 4.85. The Balaban J connectivity index is 1.27. The van der Waals surface area contributed by atoms with Crippen LogP contribution in [0.5, 0.6) is 11.8 Å². The van der Waals surface area contributed by atoms with Gasteiger partial charge in [0.25, 0.3) is 0 Å². The van der Waals surface area contributed by atoms with Gasteiger partial charge in [-0.2, -0.15) is 20.3 Å². The zero-order chi connectivity index (χ0) is 38.4. The number of aryl methyl sites for hydroxylation is 1. The molecule has 3 fully saturated rings. The predicted octanol–water partition coefficient (Wildman–Crippen LogP) is 7.44. The average molecular weight is 771 g/mol. The second-order valence-electron chi connectivity index (χ2n) is 16.4. The fourth-order valence-corrected chi connectivity index (χ4v) is 8.82. The zero-order valence-electron chi connectivity index (χ0n) is 32.6. The molecule has 0 aliphatic carbocycles. The number of nitrogens with zero attached hydrogens (tertiary/aromatic N) is 8. The first-order valence-electron chi connectivity index (χ1n) is 19.7. The minimum atomic E-state index is -0.657. The van der Waals surface area contributed by atoms with Gasteiger partial charge in [-0.25, -0.2) is 9.48 Å². The van der Waals surface area contributed by atoms with Crippen molar-refractivity contribution in [2.45, 2.75) is 103 Å². The molecule has 0 N–H and O–H groups in total. The highest BCUT2D eigenvalue weighted by Crippen LogP contribution is 2.48. The average Bonchev–Trinajstić information content (AvgIpc) is 3.78. The van der Waals surface area contributed by atoms with Crippen LogP contribution in [0.4, 0.5) is 10.6 Å². The van der Waals surface area contributed by atoms with E-state index in [0.717, 1.165) is 102 Å². The monoisotopic (exact) mass is 770 g/mol. The molecule has 0 radical (unpaired) electrons. The first-order chi connectivity index (χ1) is 26.5. The van der Waals surface area contributed by atoms with E-state index in [1.54, 1.807) is 4.90 Å². The highest BCUT2D eigenvalue weighted by atomic mass is 35.5. The largest absolute Gasteiger partial charge is 0.492 e. The Labute approximate surface area is 327 Å². The number of carbonyl (C=O) groups excluding carboxylic acids is 1. The summed E-state index contributed by atoms with van der Waals surface area (Å²) in [6.07, 6.45) is 8.37. The predicted molar refractivity (Wildman–Crippen MR) is 211 cm³/mol. The molecule has 8 rings (SSSR count). The molecule has 14 heteroatoms. The molecule has 0 saturated carbocycles. The number of likely N-dealkylation sites (N-methyl/N-ethyl adjacent to an activating group) is 1. The molecule has 55 heavy (non-hydrogen) atoms. The Morgan fingerprint density at radius 3 is 2.67 bits per heavy atom. The van der Waals surface area contributed by atoms with Gasteiger partial charge >= 0.3 is 12.1 Å². The van der Waals surface area contributed by atoms with Gasteiger partial charge in [0.15, 0.2) is 6.23 Å². The molecule has 4 aliphatic rings. The number of rotatable bonds is 7. The summed E-state index contributed by atoms with van der Waals surface area (Å²) in [4.78, 5) is 29.7. The number of aromatic nitrogens is 4. The van der Waals surface area contributed by atoms with Crippen LogP contribution in [0.1, 0.15) is 83.1 Å². The summed E-state index contributed by atoms with van der Waals surface area (Å²) in [7, 11) is 2.12. The van der Waals surface area contributed by atoms with E-state index < -0.39 is 17.7 Å². The number of benzene rings is 2. The third-order valence-corrected chi connectivity index (χ3v) is 11.8. The minimum absolute atomic E-state index is 0.122. The lowest BCUT2D eigenvalue weighted by molar-refractivity contribution is -0.0366. The van der Waals surface area contributed by atoms with E-state index in [-0.39, 0.29) is 24.7 Å². The van der Waals surface area contributed by atoms with Crippen LogP contribution in [0, 0.1) is 18.3 Å². The number of nitriles is 1. The molecule has 13 nitrogen and oxygen atoms in total. The second kappa shape index (κ2) is 15.3. The maximum atomic E-state index is 13.3. The number of carbonyl (C=O) groups is 1. The maximum Gasteiger partial charge on any atom is 0.410 e. The van der Waals surface area contributed by atoms with Gasteiger partial charge in [0.2, 0.25) is 0 Å². The number of amides is 1. The summed E-state index contributed by atoms with van der Waals surface area (Å²) in [5, 5.41) is 17.1. The standard InChI is InChI=1S/C41H51ClN8O5/c1-25-20-32-30(22-44-50(32)33-12-6-7-18-52-33)34(36(25)42)29-21-31-35(37-28(29)11-9-19-53-37)38(46-39(45-31)54-24-27-10-8-15-47(27)5)48-16-17-49(26(23-48)13-14-43)40(51)55-41(2,3)4/h20-22,26-27,33H,6-13,15-19,23-24H2,1-5H3/t26-,27-,33?/m0/s1. The van der Waals surface area contributed by atoms with Crippen LogP contribution in [0.25, 0.3) is 32.9 Å². The molecule has 4 aromatic rings. The lowest BCUT2D eigenvalue weighted by Crippen LogP contribution is -2.56. The van der Waals surface area contributed by atoms with E-state index in [4.69, 9.17) is 45.6 Å². The van der Waals surface area contributed by atoms with Gasteiger partial charge < -0.3 is 33.6 Å². The van der Waals surface area contributed by atoms with Gasteiger partial charge in [-0.3, -0.25) is 0 Å². The van der Waals surface area contributed by atoms with Crippen molar-refractivity contribution in [1.29, 1.82) is 5.26 Å². The molecule has 2 aromatic carbocycles. The highest BCUT2D eigenvalue weighted by molar-refractivity contribution is 6.36. The lowest BCUT2D eigenvalue weighted by atomic mass is 9.89. The third kappa shape index (κ3) is 7.36. The van der Waals surface area contributed by atoms with E-state index in [1.807, 2.05) is 38.6 Å². The molecule has 0 bridgehead atoms. The van der Waals surface area contributed by atoms with Crippen molar-refractivity contribution in [2.75, 3.05) is 57.9 Å². The van der Waals surface area contributed by atoms with Gasteiger partial charge in [-0.15, -0.1) is 0 Å². The number of piperazine rings is 1. The van der Waals surface area contributed by atoms with Crippen LogP contribution >= 0.6 is 11.6 Å². The summed E-state index contributed by atoms with van der Waals surface area (Å²) < 4.78 is 27.0. The highest BCUT2D eigenvalue weighted by Gasteiger charge is 2.36. The molecule has 3 atom stereocenters. The van der Waals surface area contributed by atoms with Crippen LogP contribution in [-0.2, 0) is 15.9 Å². The van der Waals surface area contributed by atoms with Crippen LogP contribution in [0.15, 0.2) is 18.3 Å². The Kier molecular flexibility index (Phi) is 10.4. The van der Waals surface area contributed by atoms with Gasteiger partial charge in [-0.05, 0) is 109 Å². The number of fused-ring (bicyclic) bond motifs is 4. The summed E-state index contributed by atoms with van der Waals surface area (Å²) >= 11 is 7.29.